The Kier molecular flexibility index (Phi) is 2.91. The molecule has 0 saturated carbocycles. The fourth-order valence-electron chi connectivity index (χ4n) is 6.14. The standard InChI is InChI=1S/C48H30O/c1-3-11-31(12-4-1)36-23-25-45-43(29-36)44-30-37(24-26-46(44)49-45)34-19-20-35-28-38(22-21-33(35)27-34)48-41-17-9-7-15-39(41)47(32-13-5-2-6-14-32)40-16-8-10-18-42(40)48/h1-30H/i1D,2D,3D,4D,5D,6D,7D,8D,9D,10D,11D,12D,13D,14D,15D,16D,17D,18D,23D,24D,25D,26D,29D,30D. The van der Waals surface area contributed by atoms with Crippen molar-refractivity contribution in [3.63, 3.8) is 0 Å². The molecular formula is C48H30O. The van der Waals surface area contributed by atoms with Crippen molar-refractivity contribution in [1.82, 2.24) is 0 Å². The summed E-state index contributed by atoms with van der Waals surface area (Å²) in [5.41, 5.74) is -2.65. The summed E-state index contributed by atoms with van der Waals surface area (Å²) in [6.07, 6.45) is 0. The van der Waals surface area contributed by atoms with Gasteiger partial charge in [-0.1, -0.05) is 145 Å². The zero-order valence-corrected chi connectivity index (χ0v) is 24.9. The maximum Gasteiger partial charge on any atom is 0.135 e. The van der Waals surface area contributed by atoms with Crippen LogP contribution in [0.4, 0.5) is 0 Å². The molecule has 9 aromatic carbocycles. The van der Waals surface area contributed by atoms with Crippen LogP contribution in [0.15, 0.2) is 186 Å². The van der Waals surface area contributed by atoms with E-state index in [1.807, 2.05) is 0 Å². The van der Waals surface area contributed by atoms with Crippen molar-refractivity contribution in [2.24, 2.45) is 0 Å². The first kappa shape index (κ1) is 12.9. The number of benzene rings is 9. The summed E-state index contributed by atoms with van der Waals surface area (Å²) in [7, 11) is 0. The number of furan rings is 1. The minimum Gasteiger partial charge on any atom is -0.456 e. The molecule has 0 spiro atoms. The fraction of sp³-hybridized carbons (Fsp3) is 0. The van der Waals surface area contributed by atoms with E-state index in [1.165, 1.54) is 12.1 Å². The highest BCUT2D eigenvalue weighted by Gasteiger charge is 2.17. The molecule has 0 N–H and O–H groups in total. The molecule has 1 heteroatoms. The van der Waals surface area contributed by atoms with Crippen LogP contribution in [0, 0.1) is 0 Å². The number of fused-ring (bicyclic) bond motifs is 6. The van der Waals surface area contributed by atoms with Crippen molar-refractivity contribution in [2.75, 3.05) is 0 Å². The molecule has 0 fully saturated rings. The number of hydrogen-bond donors (Lipinski definition) is 0. The van der Waals surface area contributed by atoms with Gasteiger partial charge in [-0.25, -0.2) is 0 Å². The lowest BCUT2D eigenvalue weighted by molar-refractivity contribution is 0.669. The van der Waals surface area contributed by atoms with Crippen molar-refractivity contribution < 1.29 is 37.3 Å². The van der Waals surface area contributed by atoms with Gasteiger partial charge in [0.05, 0.1) is 32.9 Å². The van der Waals surface area contributed by atoms with Crippen LogP contribution < -0.4 is 0 Å². The summed E-state index contributed by atoms with van der Waals surface area (Å²) in [5, 5.41) is -0.951. The zero-order chi connectivity index (χ0) is 53.2. The summed E-state index contributed by atoms with van der Waals surface area (Å²) in [6, 6.07) is -7.57. The minimum absolute atomic E-state index is 0.0945. The van der Waals surface area contributed by atoms with E-state index in [0.717, 1.165) is 0 Å². The first-order valence-corrected chi connectivity index (χ1v) is 14.9. The molecule has 0 amide bonds. The maximum atomic E-state index is 9.49. The van der Waals surface area contributed by atoms with Gasteiger partial charge in [0, 0.05) is 10.8 Å². The number of rotatable bonds is 4. The van der Waals surface area contributed by atoms with Gasteiger partial charge in [0.2, 0.25) is 0 Å². The van der Waals surface area contributed by atoms with Gasteiger partial charge in [-0.15, -0.1) is 0 Å². The van der Waals surface area contributed by atoms with Crippen LogP contribution in [0.3, 0.4) is 0 Å². The van der Waals surface area contributed by atoms with Crippen molar-refractivity contribution in [3.05, 3.63) is 181 Å². The van der Waals surface area contributed by atoms with Crippen LogP contribution in [0.25, 0.3) is 98.8 Å². The van der Waals surface area contributed by atoms with E-state index in [0.29, 0.717) is 10.8 Å². The Balaban J connectivity index is 1.25. The highest BCUT2D eigenvalue weighted by atomic mass is 16.3. The Bertz CT molecular complexity index is 4120. The van der Waals surface area contributed by atoms with Crippen LogP contribution in [0.5, 0.6) is 0 Å². The molecule has 0 unspecified atom stereocenters. The van der Waals surface area contributed by atoms with Crippen molar-refractivity contribution in [3.8, 4) is 44.5 Å². The molecular weight excluding hydrogens is 593 g/mol. The van der Waals surface area contributed by atoms with Gasteiger partial charge in [0.15, 0.2) is 0 Å². The molecule has 228 valence electrons. The molecule has 0 saturated heterocycles. The van der Waals surface area contributed by atoms with E-state index in [4.69, 9.17) is 29.1 Å². The minimum atomic E-state index is -0.795. The Hall–Kier alpha value is -6.44. The Morgan fingerprint density at radius 2 is 0.755 bits per heavy atom. The molecule has 49 heavy (non-hydrogen) atoms. The average Bonchev–Trinajstić information content (AvgIpc) is 3.79. The lowest BCUT2D eigenvalue weighted by atomic mass is 9.85. The summed E-state index contributed by atoms with van der Waals surface area (Å²) in [4.78, 5) is 0. The first-order chi connectivity index (χ1) is 34.3. The molecule has 0 aliphatic rings. The van der Waals surface area contributed by atoms with Gasteiger partial charge in [-0.05, 0) is 113 Å². The van der Waals surface area contributed by atoms with Crippen molar-refractivity contribution in [1.29, 1.82) is 0 Å². The molecule has 0 aliphatic carbocycles. The summed E-state index contributed by atoms with van der Waals surface area (Å²) < 4.78 is 217. The van der Waals surface area contributed by atoms with Crippen molar-refractivity contribution >= 4 is 54.3 Å². The third kappa shape index (κ3) is 4.55. The zero-order valence-electron chi connectivity index (χ0n) is 48.9. The molecule has 0 radical (unpaired) electrons. The summed E-state index contributed by atoms with van der Waals surface area (Å²) in [5.74, 6) is 0. The molecule has 10 aromatic rings. The summed E-state index contributed by atoms with van der Waals surface area (Å²) in [6.45, 7) is 0. The second kappa shape index (κ2) is 11.1. The predicted molar refractivity (Wildman–Crippen MR) is 208 cm³/mol. The average molecular weight is 647 g/mol. The maximum absolute atomic E-state index is 9.49. The Morgan fingerprint density at radius 3 is 1.31 bits per heavy atom. The highest BCUT2D eigenvalue weighted by molar-refractivity contribution is 6.21. The van der Waals surface area contributed by atoms with E-state index in [9.17, 15) is 8.22 Å². The SMILES string of the molecule is [2H]c1c([2H])c([2H])c(-c2c([2H])c([2H])c3oc4c([2H])c([2H])c(-c5ccc6cc(-c7c8c([2H])c([2H])c([2H])c([2H])c8c(-c8c([2H])c([2H])c([2H])c([2H])c8[2H])c8c([2H])c([2H])c([2H])c([2H])c78)ccc6c5)c([2H])c4c3c2[2H])c([2H])c1[2H]. The summed E-state index contributed by atoms with van der Waals surface area (Å²) >= 11 is 0. The van der Waals surface area contributed by atoms with E-state index < -0.39 is 173 Å². The largest absolute Gasteiger partial charge is 0.456 e. The van der Waals surface area contributed by atoms with E-state index in [1.54, 1.807) is 24.3 Å². The fourth-order valence-corrected chi connectivity index (χ4v) is 6.14. The van der Waals surface area contributed by atoms with Crippen LogP contribution in [-0.2, 0) is 0 Å². The van der Waals surface area contributed by atoms with Gasteiger partial charge in [0.1, 0.15) is 11.2 Å². The molecule has 0 atom stereocenters. The van der Waals surface area contributed by atoms with Crippen LogP contribution in [0.2, 0.25) is 0 Å². The molecule has 0 aliphatic heterocycles. The second-order valence-electron chi connectivity index (χ2n) is 11.0. The van der Waals surface area contributed by atoms with E-state index in [2.05, 4.69) is 0 Å². The highest BCUT2D eigenvalue weighted by Crippen LogP contribution is 2.44. The van der Waals surface area contributed by atoms with E-state index >= 15 is 0 Å². The molecule has 0 bridgehead atoms. The molecule has 1 heterocycles. The quantitative estimate of drug-likeness (QED) is 0.173. The van der Waals surface area contributed by atoms with Gasteiger partial charge < -0.3 is 4.42 Å². The molecule has 1 aromatic heterocycles. The van der Waals surface area contributed by atoms with Crippen molar-refractivity contribution in [2.45, 2.75) is 0 Å². The van der Waals surface area contributed by atoms with Gasteiger partial charge in [-0.3, -0.25) is 0 Å². The molecule has 10 rings (SSSR count). The second-order valence-corrected chi connectivity index (χ2v) is 11.0. The van der Waals surface area contributed by atoms with Crippen LogP contribution >= 0.6 is 0 Å². The first-order valence-electron chi connectivity index (χ1n) is 26.9. The Morgan fingerprint density at radius 1 is 0.327 bits per heavy atom. The van der Waals surface area contributed by atoms with Gasteiger partial charge in [0.25, 0.3) is 0 Å². The third-order valence-electron chi connectivity index (χ3n) is 8.30. The Labute approximate surface area is 318 Å². The van der Waals surface area contributed by atoms with E-state index in [-0.39, 0.29) is 60.2 Å². The number of hydrogen-bond acceptors (Lipinski definition) is 1. The topological polar surface area (TPSA) is 13.1 Å². The smallest absolute Gasteiger partial charge is 0.135 e. The lowest BCUT2D eigenvalue weighted by Crippen LogP contribution is -1.90. The third-order valence-corrected chi connectivity index (χ3v) is 8.30. The predicted octanol–water partition coefficient (Wildman–Crippen LogP) is 13.7. The van der Waals surface area contributed by atoms with Crippen LogP contribution in [0.1, 0.15) is 32.9 Å². The van der Waals surface area contributed by atoms with Crippen LogP contribution in [-0.4, -0.2) is 0 Å². The van der Waals surface area contributed by atoms with Gasteiger partial charge in [-0.2, -0.15) is 0 Å². The molecule has 1 nitrogen and oxygen atoms in total. The lowest BCUT2D eigenvalue weighted by Gasteiger charge is -2.18. The van der Waals surface area contributed by atoms with Gasteiger partial charge >= 0.3 is 0 Å². The normalized spacial score (nSPS) is 18.5. The monoisotopic (exact) mass is 646 g/mol.